The topological polar surface area (TPSA) is 35.5 Å². The van der Waals surface area contributed by atoms with Gasteiger partial charge in [0.05, 0.1) is 6.61 Å². The number of nitrogens with zero attached hydrogens (tertiary/aromatic N) is 1. The molecule has 0 radical (unpaired) electrons. The van der Waals surface area contributed by atoms with Crippen molar-refractivity contribution < 1.29 is 5.11 Å². The maximum atomic E-state index is 9.41. The second kappa shape index (κ2) is 5.99. The zero-order valence-electron chi connectivity index (χ0n) is 11.3. The molecule has 96 valence electrons. The van der Waals surface area contributed by atoms with E-state index in [1.54, 1.807) is 0 Å². The van der Waals surface area contributed by atoms with Gasteiger partial charge in [-0.05, 0) is 46.2 Å². The Kier molecular flexibility index (Phi) is 5.22. The molecule has 0 aliphatic carbocycles. The van der Waals surface area contributed by atoms with Gasteiger partial charge in [0.2, 0.25) is 0 Å². The van der Waals surface area contributed by atoms with E-state index in [4.69, 9.17) is 0 Å². The predicted molar refractivity (Wildman–Crippen MR) is 68.6 cm³/mol. The fraction of sp³-hybridized carbons (Fsp3) is 1.00. The van der Waals surface area contributed by atoms with Crippen LogP contribution < -0.4 is 5.32 Å². The van der Waals surface area contributed by atoms with Crippen molar-refractivity contribution in [3.8, 4) is 0 Å². The van der Waals surface area contributed by atoms with Crippen LogP contribution in [0.4, 0.5) is 0 Å². The first-order valence-corrected chi connectivity index (χ1v) is 6.67. The van der Waals surface area contributed by atoms with Crippen LogP contribution in [0, 0.1) is 0 Å². The fourth-order valence-electron chi connectivity index (χ4n) is 2.57. The molecule has 1 rings (SSSR count). The Balaban J connectivity index is 2.46. The molecule has 0 saturated carbocycles. The van der Waals surface area contributed by atoms with Gasteiger partial charge < -0.3 is 15.3 Å². The number of piperidine rings is 1. The first-order chi connectivity index (χ1) is 7.54. The Morgan fingerprint density at radius 1 is 1.44 bits per heavy atom. The van der Waals surface area contributed by atoms with Gasteiger partial charge in [0.25, 0.3) is 0 Å². The lowest BCUT2D eigenvalue weighted by Crippen LogP contribution is -2.55. The van der Waals surface area contributed by atoms with E-state index in [1.807, 2.05) is 0 Å². The minimum absolute atomic E-state index is 0.0984. The summed E-state index contributed by atoms with van der Waals surface area (Å²) >= 11 is 0. The maximum Gasteiger partial charge on any atom is 0.0610 e. The lowest BCUT2D eigenvalue weighted by molar-refractivity contribution is 0.102. The van der Waals surface area contributed by atoms with Crippen molar-refractivity contribution in [1.29, 1.82) is 0 Å². The van der Waals surface area contributed by atoms with Crippen LogP contribution in [-0.4, -0.2) is 47.3 Å². The van der Waals surface area contributed by atoms with Gasteiger partial charge in [-0.1, -0.05) is 13.8 Å². The van der Waals surface area contributed by atoms with Gasteiger partial charge in [0.1, 0.15) is 0 Å². The number of hydrogen-bond acceptors (Lipinski definition) is 3. The van der Waals surface area contributed by atoms with Gasteiger partial charge in [0.15, 0.2) is 0 Å². The van der Waals surface area contributed by atoms with Crippen LogP contribution in [0.1, 0.15) is 47.0 Å². The summed E-state index contributed by atoms with van der Waals surface area (Å²) in [4.78, 5) is 2.53. The minimum atomic E-state index is -0.0984. The van der Waals surface area contributed by atoms with Crippen LogP contribution in [0.2, 0.25) is 0 Å². The second-order valence-corrected chi connectivity index (χ2v) is 5.42. The maximum absolute atomic E-state index is 9.41. The molecule has 0 spiro atoms. The lowest BCUT2D eigenvalue weighted by atomic mass is 9.93. The van der Waals surface area contributed by atoms with Crippen molar-refractivity contribution in [2.24, 2.45) is 0 Å². The highest BCUT2D eigenvalue weighted by atomic mass is 16.3. The van der Waals surface area contributed by atoms with E-state index in [2.05, 4.69) is 37.9 Å². The van der Waals surface area contributed by atoms with E-state index in [-0.39, 0.29) is 12.1 Å². The van der Waals surface area contributed by atoms with Gasteiger partial charge in [-0.25, -0.2) is 0 Å². The summed E-state index contributed by atoms with van der Waals surface area (Å²) in [6.07, 6.45) is 3.38. The molecule has 0 aromatic carbocycles. The Labute approximate surface area is 100 Å². The molecule has 2 N–H and O–H groups in total. The standard InChI is InChI=1S/C13H28N2O/c1-5-13(4,10-16)14-12-7-8-15(6-2)11(3)9-12/h11-12,14,16H,5-10H2,1-4H3. The van der Waals surface area contributed by atoms with E-state index in [0.29, 0.717) is 12.1 Å². The molecule has 1 heterocycles. The summed E-state index contributed by atoms with van der Waals surface area (Å²) in [5.74, 6) is 0. The minimum Gasteiger partial charge on any atom is -0.394 e. The molecule has 0 bridgehead atoms. The molecule has 3 heteroatoms. The number of likely N-dealkylation sites (tertiary alicyclic amines) is 1. The molecular weight excluding hydrogens is 200 g/mol. The Bertz CT molecular complexity index is 204. The van der Waals surface area contributed by atoms with Crippen molar-refractivity contribution in [3.05, 3.63) is 0 Å². The van der Waals surface area contributed by atoms with Crippen LogP contribution in [-0.2, 0) is 0 Å². The molecule has 3 atom stereocenters. The van der Waals surface area contributed by atoms with Crippen molar-refractivity contribution in [3.63, 3.8) is 0 Å². The third-order valence-corrected chi connectivity index (χ3v) is 4.10. The van der Waals surface area contributed by atoms with Crippen LogP contribution >= 0.6 is 0 Å². The Hall–Kier alpha value is -0.120. The molecule has 3 unspecified atom stereocenters. The summed E-state index contributed by atoms with van der Waals surface area (Å²) in [6, 6.07) is 1.23. The second-order valence-electron chi connectivity index (χ2n) is 5.42. The first kappa shape index (κ1) is 13.9. The molecule has 16 heavy (non-hydrogen) atoms. The normalized spacial score (nSPS) is 31.3. The number of nitrogens with one attached hydrogen (secondary N) is 1. The first-order valence-electron chi connectivity index (χ1n) is 6.67. The fourth-order valence-corrected chi connectivity index (χ4v) is 2.57. The molecule has 3 nitrogen and oxygen atoms in total. The third kappa shape index (κ3) is 3.44. The highest BCUT2D eigenvalue weighted by Gasteiger charge is 2.29. The third-order valence-electron chi connectivity index (χ3n) is 4.10. The average molecular weight is 228 g/mol. The molecule has 0 amide bonds. The highest BCUT2D eigenvalue weighted by Crippen LogP contribution is 2.20. The number of aliphatic hydroxyl groups is 1. The van der Waals surface area contributed by atoms with E-state index < -0.39 is 0 Å². The summed E-state index contributed by atoms with van der Waals surface area (Å²) in [6.45, 7) is 11.3. The Morgan fingerprint density at radius 3 is 2.56 bits per heavy atom. The largest absolute Gasteiger partial charge is 0.394 e. The van der Waals surface area contributed by atoms with Crippen LogP contribution in [0.25, 0.3) is 0 Å². The summed E-state index contributed by atoms with van der Waals surface area (Å²) < 4.78 is 0. The van der Waals surface area contributed by atoms with E-state index >= 15 is 0 Å². The molecule has 1 aliphatic heterocycles. The number of hydrogen-bond donors (Lipinski definition) is 2. The van der Waals surface area contributed by atoms with Gasteiger partial charge in [-0.15, -0.1) is 0 Å². The number of rotatable bonds is 5. The molecule has 0 aromatic rings. The van der Waals surface area contributed by atoms with Crippen LogP contribution in [0.3, 0.4) is 0 Å². The predicted octanol–water partition coefficient (Wildman–Crippen LogP) is 1.61. The average Bonchev–Trinajstić information content (AvgIpc) is 2.29. The monoisotopic (exact) mass is 228 g/mol. The number of aliphatic hydroxyl groups excluding tert-OH is 1. The molecule has 0 aromatic heterocycles. The lowest BCUT2D eigenvalue weighted by Gasteiger charge is -2.41. The summed E-state index contributed by atoms with van der Waals surface area (Å²) in [5.41, 5.74) is -0.0984. The summed E-state index contributed by atoms with van der Waals surface area (Å²) in [7, 11) is 0. The highest BCUT2D eigenvalue weighted by molar-refractivity contribution is 4.89. The van der Waals surface area contributed by atoms with Gasteiger partial charge in [-0.2, -0.15) is 0 Å². The quantitative estimate of drug-likeness (QED) is 0.750. The zero-order valence-corrected chi connectivity index (χ0v) is 11.3. The molecule has 1 fully saturated rings. The Morgan fingerprint density at radius 2 is 2.12 bits per heavy atom. The van der Waals surface area contributed by atoms with Gasteiger partial charge in [-0.3, -0.25) is 0 Å². The smallest absolute Gasteiger partial charge is 0.0610 e. The molecule has 1 saturated heterocycles. The molecule has 1 aliphatic rings. The SMILES string of the molecule is CCN1CCC(NC(C)(CC)CO)CC1C. The summed E-state index contributed by atoms with van der Waals surface area (Å²) in [5, 5.41) is 13.0. The van der Waals surface area contributed by atoms with E-state index in [0.717, 1.165) is 13.0 Å². The van der Waals surface area contributed by atoms with E-state index in [1.165, 1.54) is 19.4 Å². The van der Waals surface area contributed by atoms with Crippen LogP contribution in [0.15, 0.2) is 0 Å². The van der Waals surface area contributed by atoms with Crippen LogP contribution in [0.5, 0.6) is 0 Å². The molecular formula is C13H28N2O. The van der Waals surface area contributed by atoms with Crippen molar-refractivity contribution in [1.82, 2.24) is 10.2 Å². The van der Waals surface area contributed by atoms with Crippen molar-refractivity contribution in [2.45, 2.75) is 64.6 Å². The van der Waals surface area contributed by atoms with Crippen molar-refractivity contribution >= 4 is 0 Å². The van der Waals surface area contributed by atoms with Gasteiger partial charge >= 0.3 is 0 Å². The van der Waals surface area contributed by atoms with Gasteiger partial charge in [0, 0.05) is 17.6 Å². The zero-order chi connectivity index (χ0) is 12.2. The van der Waals surface area contributed by atoms with Crippen molar-refractivity contribution in [2.75, 3.05) is 19.7 Å². The van der Waals surface area contributed by atoms with E-state index in [9.17, 15) is 5.11 Å².